The molecule has 0 radical (unpaired) electrons. The first-order chi connectivity index (χ1) is 9.27. The van der Waals surface area contributed by atoms with E-state index in [1.54, 1.807) is 0 Å². The lowest BCUT2D eigenvalue weighted by atomic mass is 10.0. The Hall–Kier alpha value is -0.470. The van der Waals surface area contributed by atoms with E-state index in [0.717, 1.165) is 12.4 Å². The summed E-state index contributed by atoms with van der Waals surface area (Å²) >= 11 is 4.45. The maximum absolute atomic E-state index is 5.98. The van der Waals surface area contributed by atoms with Gasteiger partial charge in [-0.15, -0.1) is 0 Å². The number of ether oxygens (including phenoxy) is 1. The van der Waals surface area contributed by atoms with Gasteiger partial charge in [-0.25, -0.2) is 0 Å². The highest BCUT2D eigenvalue weighted by Gasteiger charge is 2.11. The Balaban J connectivity index is 2.25. The molecule has 0 aliphatic carbocycles. The third-order valence-electron chi connectivity index (χ3n) is 3.54. The molecule has 0 heterocycles. The molecule has 0 spiro atoms. The number of hydrogen-bond acceptors (Lipinski definition) is 2. The Morgan fingerprint density at radius 3 is 2.47 bits per heavy atom. The summed E-state index contributed by atoms with van der Waals surface area (Å²) in [7, 11) is 0. The number of rotatable bonds is 10. The van der Waals surface area contributed by atoms with Crippen LogP contribution in [0.25, 0.3) is 0 Å². The maximum atomic E-state index is 5.98. The molecule has 1 rings (SSSR count). The maximum Gasteiger partial charge on any atom is 0.0547 e. The Kier molecular flexibility index (Phi) is 9.02. The summed E-state index contributed by atoms with van der Waals surface area (Å²) in [5.74, 6) is 1.25. The van der Waals surface area contributed by atoms with Crippen molar-refractivity contribution in [3.63, 3.8) is 0 Å². The molecule has 1 aromatic carbocycles. The van der Waals surface area contributed by atoms with Gasteiger partial charge in [-0.2, -0.15) is 12.6 Å². The fourth-order valence-electron chi connectivity index (χ4n) is 2.20. The van der Waals surface area contributed by atoms with E-state index in [-0.39, 0.29) is 0 Å². The summed E-state index contributed by atoms with van der Waals surface area (Å²) in [5.41, 5.74) is 1.33. The fraction of sp³-hybridized carbons (Fsp3) is 0.647. The molecule has 2 atom stereocenters. The lowest BCUT2D eigenvalue weighted by molar-refractivity contribution is 0.0515. The largest absolute Gasteiger partial charge is 0.378 e. The Morgan fingerprint density at radius 2 is 1.84 bits per heavy atom. The highest BCUT2D eigenvalue weighted by Crippen LogP contribution is 2.19. The number of thiol groups is 1. The van der Waals surface area contributed by atoms with Gasteiger partial charge in [-0.3, -0.25) is 0 Å². The van der Waals surface area contributed by atoms with Crippen LogP contribution in [0.4, 0.5) is 0 Å². The van der Waals surface area contributed by atoms with Crippen molar-refractivity contribution in [1.82, 2.24) is 0 Å². The van der Waals surface area contributed by atoms with Crippen LogP contribution >= 0.6 is 12.6 Å². The van der Waals surface area contributed by atoms with Crippen LogP contribution in [-0.4, -0.2) is 18.5 Å². The lowest BCUT2D eigenvalue weighted by Gasteiger charge is -2.19. The van der Waals surface area contributed by atoms with Crippen LogP contribution in [0.5, 0.6) is 0 Å². The third-order valence-corrected chi connectivity index (χ3v) is 3.98. The first-order valence-corrected chi connectivity index (χ1v) is 8.18. The van der Waals surface area contributed by atoms with Crippen LogP contribution in [0, 0.1) is 0 Å². The summed E-state index contributed by atoms with van der Waals surface area (Å²) in [6.07, 6.45) is 6.79. The van der Waals surface area contributed by atoms with Crippen LogP contribution < -0.4 is 0 Å². The minimum absolute atomic E-state index is 0.364. The Labute approximate surface area is 124 Å². The summed E-state index contributed by atoms with van der Waals surface area (Å²) in [4.78, 5) is 0. The summed E-state index contributed by atoms with van der Waals surface area (Å²) in [6, 6.07) is 10.5. The zero-order valence-corrected chi connectivity index (χ0v) is 13.2. The van der Waals surface area contributed by atoms with Crippen molar-refractivity contribution >= 4 is 12.6 Å². The van der Waals surface area contributed by atoms with Gasteiger partial charge in [0.05, 0.1) is 12.7 Å². The third kappa shape index (κ3) is 7.03. The van der Waals surface area contributed by atoms with Gasteiger partial charge < -0.3 is 4.74 Å². The van der Waals surface area contributed by atoms with Crippen LogP contribution in [0.15, 0.2) is 30.3 Å². The van der Waals surface area contributed by atoms with E-state index in [2.05, 4.69) is 56.8 Å². The molecule has 0 aromatic heterocycles. The first-order valence-electron chi connectivity index (χ1n) is 7.55. The van der Waals surface area contributed by atoms with Crippen molar-refractivity contribution in [3.8, 4) is 0 Å². The molecule has 2 unspecified atom stereocenters. The second-order valence-electron chi connectivity index (χ2n) is 5.28. The van der Waals surface area contributed by atoms with Crippen molar-refractivity contribution in [2.75, 3.05) is 12.4 Å². The van der Waals surface area contributed by atoms with Gasteiger partial charge >= 0.3 is 0 Å². The highest BCUT2D eigenvalue weighted by atomic mass is 32.1. The van der Waals surface area contributed by atoms with E-state index < -0.39 is 0 Å². The van der Waals surface area contributed by atoms with E-state index in [0.29, 0.717) is 12.0 Å². The molecule has 0 saturated heterocycles. The van der Waals surface area contributed by atoms with Crippen molar-refractivity contribution in [3.05, 3.63) is 35.9 Å². The standard InChI is InChI=1S/C17H28OS/c1-3-4-5-7-10-15(2)18-13-17(14-19)16-11-8-6-9-12-16/h6,8-9,11-12,15,17,19H,3-5,7,10,13-14H2,1-2H3. The quantitative estimate of drug-likeness (QED) is 0.465. The topological polar surface area (TPSA) is 9.23 Å². The summed E-state index contributed by atoms with van der Waals surface area (Å²) in [6.45, 7) is 5.21. The van der Waals surface area contributed by atoms with E-state index >= 15 is 0 Å². The monoisotopic (exact) mass is 280 g/mol. The zero-order chi connectivity index (χ0) is 13.9. The minimum Gasteiger partial charge on any atom is -0.378 e. The highest BCUT2D eigenvalue weighted by molar-refractivity contribution is 7.80. The van der Waals surface area contributed by atoms with Crippen LogP contribution in [0.3, 0.4) is 0 Å². The van der Waals surface area contributed by atoms with E-state index in [9.17, 15) is 0 Å². The van der Waals surface area contributed by atoms with Gasteiger partial charge in [-0.1, -0.05) is 62.9 Å². The van der Waals surface area contributed by atoms with Gasteiger partial charge in [0.25, 0.3) is 0 Å². The number of unbranched alkanes of at least 4 members (excludes halogenated alkanes) is 3. The lowest BCUT2D eigenvalue weighted by Crippen LogP contribution is -2.16. The first kappa shape index (κ1) is 16.6. The molecule has 0 aliphatic heterocycles. The van der Waals surface area contributed by atoms with E-state index in [4.69, 9.17) is 4.74 Å². The normalized spacial score (nSPS) is 14.3. The Bertz CT molecular complexity index is 312. The molecule has 0 N–H and O–H groups in total. The van der Waals surface area contributed by atoms with Gasteiger partial charge in [0.2, 0.25) is 0 Å². The smallest absolute Gasteiger partial charge is 0.0547 e. The second-order valence-corrected chi connectivity index (χ2v) is 5.65. The predicted molar refractivity (Wildman–Crippen MR) is 87.2 cm³/mol. The van der Waals surface area contributed by atoms with Crippen molar-refractivity contribution < 1.29 is 4.74 Å². The van der Waals surface area contributed by atoms with Gasteiger partial charge in [0.15, 0.2) is 0 Å². The molecular weight excluding hydrogens is 252 g/mol. The molecule has 1 aromatic rings. The van der Waals surface area contributed by atoms with E-state index in [1.165, 1.54) is 37.7 Å². The minimum atomic E-state index is 0.364. The average Bonchev–Trinajstić information content (AvgIpc) is 2.45. The van der Waals surface area contributed by atoms with Crippen molar-refractivity contribution in [2.24, 2.45) is 0 Å². The SMILES string of the molecule is CCCCCCC(C)OCC(CS)c1ccccc1. The average molecular weight is 280 g/mol. The second kappa shape index (κ2) is 10.3. The molecule has 2 heteroatoms. The summed E-state index contributed by atoms with van der Waals surface area (Å²) in [5, 5.41) is 0. The van der Waals surface area contributed by atoms with Crippen molar-refractivity contribution in [2.45, 2.75) is 58.0 Å². The molecule has 0 aliphatic rings. The molecule has 1 nitrogen and oxygen atoms in total. The zero-order valence-electron chi connectivity index (χ0n) is 12.3. The van der Waals surface area contributed by atoms with Crippen molar-refractivity contribution in [1.29, 1.82) is 0 Å². The number of hydrogen-bond donors (Lipinski definition) is 1. The molecular formula is C17H28OS. The van der Waals surface area contributed by atoms with Crippen LogP contribution in [0.1, 0.15) is 57.4 Å². The molecule has 0 fully saturated rings. The van der Waals surface area contributed by atoms with E-state index in [1.807, 2.05) is 0 Å². The summed E-state index contributed by atoms with van der Waals surface area (Å²) < 4.78 is 5.98. The Morgan fingerprint density at radius 1 is 1.11 bits per heavy atom. The van der Waals surface area contributed by atoms with Gasteiger partial charge in [-0.05, 0) is 24.7 Å². The molecule has 0 bridgehead atoms. The van der Waals surface area contributed by atoms with Crippen LogP contribution in [0.2, 0.25) is 0 Å². The molecule has 19 heavy (non-hydrogen) atoms. The van der Waals surface area contributed by atoms with Gasteiger partial charge in [0.1, 0.15) is 0 Å². The number of benzene rings is 1. The fourth-order valence-corrected chi connectivity index (χ4v) is 2.52. The molecule has 108 valence electrons. The molecule has 0 amide bonds. The molecule has 0 saturated carbocycles. The predicted octanol–water partition coefficient (Wildman–Crippen LogP) is 5.08. The van der Waals surface area contributed by atoms with Gasteiger partial charge in [0, 0.05) is 5.92 Å². The van der Waals surface area contributed by atoms with Crippen LogP contribution in [-0.2, 0) is 4.74 Å².